The Kier molecular flexibility index (Phi) is 2.29. The number of carboxylic acid groups (broad SMARTS) is 1. The molecule has 0 heterocycles. The van der Waals surface area contributed by atoms with E-state index in [0.29, 0.717) is 0 Å². The third-order valence-corrected chi connectivity index (χ3v) is 1.79. The van der Waals surface area contributed by atoms with E-state index in [1.807, 2.05) is 0 Å². The Balaban J connectivity index is 3.68. The summed E-state index contributed by atoms with van der Waals surface area (Å²) in [7, 11) is 0. The first kappa shape index (κ1) is 10.2. The van der Waals surface area contributed by atoms with Gasteiger partial charge in [-0.05, 0) is 6.92 Å². The zero-order chi connectivity index (χ0) is 11.0. The Bertz CT molecular complexity index is 385. The molecule has 1 rings (SSSR count). The molecule has 4 nitrogen and oxygen atoms in total. The van der Waals surface area contributed by atoms with Crippen LogP contribution in [0.5, 0.6) is 11.5 Å². The quantitative estimate of drug-likeness (QED) is 0.645. The van der Waals surface area contributed by atoms with Gasteiger partial charge in [0.25, 0.3) is 0 Å². The van der Waals surface area contributed by atoms with E-state index in [1.54, 1.807) is 0 Å². The summed E-state index contributed by atoms with van der Waals surface area (Å²) in [6.45, 7) is 1.03. The number of aromatic carboxylic acids is 1. The first-order valence-corrected chi connectivity index (χ1v) is 3.50. The molecule has 0 aliphatic rings. The fourth-order valence-corrected chi connectivity index (χ4v) is 1.03. The molecule has 0 saturated heterocycles. The van der Waals surface area contributed by atoms with Gasteiger partial charge < -0.3 is 15.3 Å². The van der Waals surface area contributed by atoms with Crippen molar-refractivity contribution in [2.45, 2.75) is 6.92 Å². The van der Waals surface area contributed by atoms with Crippen LogP contribution in [0, 0.1) is 18.6 Å². The minimum Gasteiger partial charge on any atom is -0.505 e. The van der Waals surface area contributed by atoms with Gasteiger partial charge in [0.2, 0.25) is 5.82 Å². The van der Waals surface area contributed by atoms with Crippen LogP contribution in [0.1, 0.15) is 15.9 Å². The number of aromatic hydroxyl groups is 2. The highest BCUT2D eigenvalue weighted by atomic mass is 19.1. The molecule has 0 saturated carbocycles. The summed E-state index contributed by atoms with van der Waals surface area (Å²) >= 11 is 0. The lowest BCUT2D eigenvalue weighted by molar-refractivity contribution is 0.0689. The van der Waals surface area contributed by atoms with Gasteiger partial charge >= 0.3 is 5.97 Å². The predicted molar refractivity (Wildman–Crippen MR) is 41.4 cm³/mol. The molecule has 0 amide bonds. The van der Waals surface area contributed by atoms with Gasteiger partial charge in [-0.25, -0.2) is 9.18 Å². The summed E-state index contributed by atoms with van der Waals surface area (Å²) in [5, 5.41) is 26.2. The largest absolute Gasteiger partial charge is 0.505 e. The molecular weight excluding hydrogens is 198 g/mol. The number of benzene rings is 1. The maximum absolute atomic E-state index is 13.0. The van der Waals surface area contributed by atoms with E-state index in [2.05, 4.69) is 0 Å². The van der Waals surface area contributed by atoms with Crippen LogP contribution in [0.2, 0.25) is 0 Å². The molecule has 0 aromatic heterocycles. The van der Waals surface area contributed by atoms with E-state index >= 15 is 0 Å². The van der Waals surface area contributed by atoms with Crippen LogP contribution in [0.3, 0.4) is 0 Å². The fraction of sp³-hybridized carbons (Fsp3) is 0.125. The Morgan fingerprint density at radius 3 is 2.07 bits per heavy atom. The van der Waals surface area contributed by atoms with Crippen molar-refractivity contribution in [3.05, 3.63) is 22.8 Å². The van der Waals surface area contributed by atoms with Crippen molar-refractivity contribution in [2.24, 2.45) is 0 Å². The molecule has 0 unspecified atom stereocenters. The maximum Gasteiger partial charge on any atom is 0.339 e. The SMILES string of the molecule is Cc1c(O)c(F)c(O)c(F)c1C(=O)O. The van der Waals surface area contributed by atoms with Crippen LogP contribution in [0.15, 0.2) is 0 Å². The average molecular weight is 204 g/mol. The monoisotopic (exact) mass is 204 g/mol. The Morgan fingerprint density at radius 1 is 1.14 bits per heavy atom. The summed E-state index contributed by atoms with van der Waals surface area (Å²) in [6.07, 6.45) is 0. The third-order valence-electron chi connectivity index (χ3n) is 1.79. The van der Waals surface area contributed by atoms with Crippen molar-refractivity contribution in [2.75, 3.05) is 0 Å². The molecule has 0 aliphatic carbocycles. The summed E-state index contributed by atoms with van der Waals surface area (Å²) in [4.78, 5) is 10.5. The molecule has 76 valence electrons. The highest BCUT2D eigenvalue weighted by Crippen LogP contribution is 2.34. The van der Waals surface area contributed by atoms with Crippen LogP contribution >= 0.6 is 0 Å². The number of carboxylic acids is 1. The zero-order valence-electron chi connectivity index (χ0n) is 7.01. The van der Waals surface area contributed by atoms with E-state index in [-0.39, 0.29) is 0 Å². The Labute approximate surface area is 77.0 Å². The first-order valence-electron chi connectivity index (χ1n) is 3.50. The topological polar surface area (TPSA) is 77.8 Å². The predicted octanol–water partition coefficient (Wildman–Crippen LogP) is 1.38. The van der Waals surface area contributed by atoms with Gasteiger partial charge in [0, 0.05) is 5.56 Å². The number of hydrogen-bond donors (Lipinski definition) is 3. The van der Waals surface area contributed by atoms with Crippen molar-refractivity contribution < 1.29 is 28.9 Å². The molecule has 0 radical (unpaired) electrons. The maximum atomic E-state index is 13.0. The number of rotatable bonds is 1. The highest BCUT2D eigenvalue weighted by Gasteiger charge is 2.25. The minimum atomic E-state index is -1.69. The van der Waals surface area contributed by atoms with Crippen LogP contribution in [0.25, 0.3) is 0 Å². The summed E-state index contributed by atoms with van der Waals surface area (Å²) in [6, 6.07) is 0. The Morgan fingerprint density at radius 2 is 1.64 bits per heavy atom. The van der Waals surface area contributed by atoms with E-state index in [4.69, 9.17) is 15.3 Å². The standard InChI is InChI=1S/C8H6F2O4/c1-2-3(8(13)14)4(9)7(12)5(10)6(2)11/h11-12H,1H3,(H,13,14). The fourth-order valence-electron chi connectivity index (χ4n) is 1.03. The summed E-state index contributed by atoms with van der Waals surface area (Å²) in [5.74, 6) is -7.41. The second-order valence-electron chi connectivity index (χ2n) is 2.63. The van der Waals surface area contributed by atoms with Gasteiger partial charge in [-0.2, -0.15) is 4.39 Å². The first-order chi connectivity index (χ1) is 6.37. The molecule has 6 heteroatoms. The number of hydrogen-bond acceptors (Lipinski definition) is 3. The van der Waals surface area contributed by atoms with Crippen molar-refractivity contribution in [1.29, 1.82) is 0 Å². The lowest BCUT2D eigenvalue weighted by atomic mass is 10.1. The minimum absolute atomic E-state index is 0.467. The van der Waals surface area contributed by atoms with E-state index in [9.17, 15) is 13.6 Å². The van der Waals surface area contributed by atoms with Crippen LogP contribution in [-0.4, -0.2) is 21.3 Å². The molecule has 0 fully saturated rings. The average Bonchev–Trinajstić information content (AvgIpc) is 2.11. The second kappa shape index (κ2) is 3.13. The summed E-state index contributed by atoms with van der Waals surface area (Å²) in [5.41, 5.74) is -1.41. The number of phenolic OH excluding ortho intramolecular Hbond substituents is 2. The second-order valence-corrected chi connectivity index (χ2v) is 2.63. The molecule has 0 aliphatic heterocycles. The van der Waals surface area contributed by atoms with Gasteiger partial charge in [0.05, 0.1) is 0 Å². The van der Waals surface area contributed by atoms with Crippen molar-refractivity contribution >= 4 is 5.97 Å². The van der Waals surface area contributed by atoms with Gasteiger partial charge in [0.15, 0.2) is 17.3 Å². The third kappa shape index (κ3) is 1.24. The van der Waals surface area contributed by atoms with E-state index in [0.717, 1.165) is 6.92 Å². The lowest BCUT2D eigenvalue weighted by Crippen LogP contribution is -2.05. The molecule has 1 aromatic carbocycles. The molecule has 0 atom stereocenters. The van der Waals surface area contributed by atoms with Crippen molar-refractivity contribution in [3.63, 3.8) is 0 Å². The van der Waals surface area contributed by atoms with E-state index < -0.39 is 40.2 Å². The molecular formula is C8H6F2O4. The summed E-state index contributed by atoms with van der Waals surface area (Å²) < 4.78 is 25.7. The van der Waals surface area contributed by atoms with Crippen LogP contribution in [0.4, 0.5) is 8.78 Å². The van der Waals surface area contributed by atoms with Crippen LogP contribution < -0.4 is 0 Å². The van der Waals surface area contributed by atoms with Crippen LogP contribution in [-0.2, 0) is 0 Å². The van der Waals surface area contributed by atoms with Gasteiger partial charge in [-0.15, -0.1) is 0 Å². The zero-order valence-corrected chi connectivity index (χ0v) is 7.01. The van der Waals surface area contributed by atoms with Gasteiger partial charge in [-0.3, -0.25) is 0 Å². The van der Waals surface area contributed by atoms with E-state index in [1.165, 1.54) is 0 Å². The lowest BCUT2D eigenvalue weighted by Gasteiger charge is -2.07. The Hall–Kier alpha value is -1.85. The number of halogens is 2. The normalized spacial score (nSPS) is 10.2. The molecule has 0 spiro atoms. The van der Waals surface area contributed by atoms with Crippen molar-refractivity contribution in [3.8, 4) is 11.5 Å². The number of phenols is 2. The smallest absolute Gasteiger partial charge is 0.339 e. The molecule has 0 bridgehead atoms. The van der Waals surface area contributed by atoms with Gasteiger partial charge in [0.1, 0.15) is 5.56 Å². The highest BCUT2D eigenvalue weighted by molar-refractivity contribution is 5.91. The van der Waals surface area contributed by atoms with Crippen molar-refractivity contribution in [1.82, 2.24) is 0 Å². The van der Waals surface area contributed by atoms with Gasteiger partial charge in [-0.1, -0.05) is 0 Å². The molecule has 14 heavy (non-hydrogen) atoms. The molecule has 1 aromatic rings. The number of carbonyl (C=O) groups is 1. The molecule has 3 N–H and O–H groups in total.